The van der Waals surface area contributed by atoms with Crippen molar-refractivity contribution in [2.24, 2.45) is 0 Å². The van der Waals surface area contributed by atoms with E-state index in [1.165, 1.54) is 6.07 Å². The van der Waals surface area contributed by atoms with E-state index in [9.17, 15) is 14.9 Å². The number of nitro benzene ring substituents is 1. The Hall–Kier alpha value is -2.60. The molecule has 1 amide bonds. The van der Waals surface area contributed by atoms with E-state index in [0.29, 0.717) is 22.9 Å². The van der Waals surface area contributed by atoms with Crippen LogP contribution < -0.4 is 10.2 Å². The summed E-state index contributed by atoms with van der Waals surface area (Å²) in [5.41, 5.74) is 2.49. The Morgan fingerprint density at radius 2 is 1.81 bits per heavy atom. The first-order chi connectivity index (χ1) is 12.9. The molecule has 0 atom stereocenters. The van der Waals surface area contributed by atoms with E-state index in [1.807, 2.05) is 17.0 Å². The molecule has 1 fully saturated rings. The fraction of sp³-hybridized carbons (Fsp3) is 0.350. The second-order valence-electron chi connectivity index (χ2n) is 7.00. The lowest BCUT2D eigenvalue weighted by Gasteiger charge is -2.19. The van der Waals surface area contributed by atoms with E-state index in [2.05, 4.69) is 19.2 Å². The van der Waals surface area contributed by atoms with Crippen LogP contribution >= 0.6 is 11.6 Å². The summed E-state index contributed by atoms with van der Waals surface area (Å²) in [6.45, 7) is 5.69. The summed E-state index contributed by atoms with van der Waals surface area (Å²) < 4.78 is 0. The van der Waals surface area contributed by atoms with Crippen molar-refractivity contribution in [2.75, 3.05) is 23.3 Å². The van der Waals surface area contributed by atoms with Gasteiger partial charge >= 0.3 is 0 Å². The van der Waals surface area contributed by atoms with Gasteiger partial charge < -0.3 is 10.2 Å². The molecule has 0 saturated carbocycles. The van der Waals surface area contributed by atoms with Crippen LogP contribution in [-0.2, 0) is 0 Å². The standard InChI is InChI=1S/C20H22ClN3O3/c1-13(2)14-5-7-15(8-6-14)20(25)22-17-12-18(23-9-3-4-10-23)19(24(26)27)11-16(17)21/h5-8,11-13H,3-4,9-10H2,1-2H3,(H,22,25). The van der Waals surface area contributed by atoms with Crippen molar-refractivity contribution >= 4 is 34.6 Å². The minimum absolute atomic E-state index is 0.0406. The van der Waals surface area contributed by atoms with Crippen molar-refractivity contribution in [1.82, 2.24) is 0 Å². The SMILES string of the molecule is CC(C)c1ccc(C(=O)Nc2cc(N3CCCC3)c([N+](=O)[O-])cc2Cl)cc1. The maximum Gasteiger partial charge on any atom is 0.294 e. The van der Waals surface area contributed by atoms with Crippen LogP contribution in [0.25, 0.3) is 0 Å². The number of nitro groups is 1. The Kier molecular flexibility index (Phi) is 5.65. The molecule has 0 radical (unpaired) electrons. The summed E-state index contributed by atoms with van der Waals surface area (Å²) in [4.78, 5) is 25.5. The fourth-order valence-corrected chi connectivity index (χ4v) is 3.42. The van der Waals surface area contributed by atoms with E-state index in [-0.39, 0.29) is 16.6 Å². The number of carbonyl (C=O) groups is 1. The molecule has 0 bridgehead atoms. The van der Waals surface area contributed by atoms with Crippen LogP contribution in [0.5, 0.6) is 0 Å². The average molecular weight is 388 g/mol. The van der Waals surface area contributed by atoms with Crippen LogP contribution in [0.1, 0.15) is 48.5 Å². The van der Waals surface area contributed by atoms with Gasteiger partial charge in [-0.1, -0.05) is 37.6 Å². The average Bonchev–Trinajstić information content (AvgIpc) is 3.17. The summed E-state index contributed by atoms with van der Waals surface area (Å²) in [5.74, 6) is 0.0858. The molecule has 1 saturated heterocycles. The Morgan fingerprint density at radius 1 is 1.19 bits per heavy atom. The van der Waals surface area contributed by atoms with Crippen LogP contribution in [-0.4, -0.2) is 23.9 Å². The number of nitrogens with one attached hydrogen (secondary N) is 1. The molecular weight excluding hydrogens is 366 g/mol. The zero-order valence-electron chi connectivity index (χ0n) is 15.4. The van der Waals surface area contributed by atoms with E-state index < -0.39 is 4.92 Å². The second-order valence-corrected chi connectivity index (χ2v) is 7.41. The molecule has 0 aromatic heterocycles. The van der Waals surface area contributed by atoms with Gasteiger partial charge in [-0.15, -0.1) is 0 Å². The summed E-state index contributed by atoms with van der Waals surface area (Å²) in [7, 11) is 0. The van der Waals surface area contributed by atoms with Crippen molar-refractivity contribution < 1.29 is 9.72 Å². The zero-order chi connectivity index (χ0) is 19.6. The molecule has 0 spiro atoms. The molecule has 0 aliphatic carbocycles. The number of halogens is 1. The third-order valence-corrected chi connectivity index (χ3v) is 5.11. The lowest BCUT2D eigenvalue weighted by molar-refractivity contribution is -0.384. The van der Waals surface area contributed by atoms with Crippen LogP contribution in [0.4, 0.5) is 17.1 Å². The molecule has 142 valence electrons. The second kappa shape index (κ2) is 7.96. The van der Waals surface area contributed by atoms with Gasteiger partial charge in [-0.2, -0.15) is 0 Å². The van der Waals surface area contributed by atoms with E-state index in [4.69, 9.17) is 11.6 Å². The predicted molar refractivity (Wildman–Crippen MR) is 108 cm³/mol. The predicted octanol–water partition coefficient (Wildman–Crippen LogP) is 5.22. The van der Waals surface area contributed by atoms with E-state index in [0.717, 1.165) is 31.5 Å². The highest BCUT2D eigenvalue weighted by atomic mass is 35.5. The van der Waals surface area contributed by atoms with Gasteiger partial charge in [-0.25, -0.2) is 0 Å². The molecule has 1 heterocycles. The summed E-state index contributed by atoms with van der Waals surface area (Å²) >= 11 is 6.21. The largest absolute Gasteiger partial charge is 0.366 e. The number of carbonyl (C=O) groups excluding carboxylic acids is 1. The number of anilines is 2. The van der Waals surface area contributed by atoms with Gasteiger partial charge in [-0.3, -0.25) is 14.9 Å². The van der Waals surface area contributed by atoms with E-state index >= 15 is 0 Å². The van der Waals surface area contributed by atoms with Crippen molar-refractivity contribution in [3.05, 3.63) is 62.7 Å². The lowest BCUT2D eigenvalue weighted by Crippen LogP contribution is -2.20. The maximum absolute atomic E-state index is 12.6. The number of benzene rings is 2. The fourth-order valence-electron chi connectivity index (χ4n) is 3.22. The number of amides is 1. The van der Waals surface area contributed by atoms with Gasteiger partial charge in [0.1, 0.15) is 5.69 Å². The topological polar surface area (TPSA) is 75.5 Å². The van der Waals surface area contributed by atoms with Gasteiger partial charge in [0.2, 0.25) is 0 Å². The molecule has 1 N–H and O–H groups in total. The molecular formula is C20H22ClN3O3. The lowest BCUT2D eigenvalue weighted by atomic mass is 10.0. The van der Waals surface area contributed by atoms with Gasteiger partial charge in [0.15, 0.2) is 0 Å². The molecule has 1 aliphatic rings. The monoisotopic (exact) mass is 387 g/mol. The first-order valence-electron chi connectivity index (χ1n) is 9.01. The van der Waals surface area contributed by atoms with Crippen LogP contribution in [0.15, 0.2) is 36.4 Å². The first kappa shape index (κ1) is 19.2. The number of hydrogen-bond donors (Lipinski definition) is 1. The third kappa shape index (κ3) is 4.22. The Bertz CT molecular complexity index is 860. The van der Waals surface area contributed by atoms with Crippen molar-refractivity contribution in [1.29, 1.82) is 0 Å². The molecule has 27 heavy (non-hydrogen) atoms. The van der Waals surface area contributed by atoms with Crippen LogP contribution in [0.2, 0.25) is 5.02 Å². The number of nitrogens with zero attached hydrogens (tertiary/aromatic N) is 2. The highest BCUT2D eigenvalue weighted by molar-refractivity contribution is 6.34. The number of hydrogen-bond acceptors (Lipinski definition) is 4. The molecule has 0 unspecified atom stereocenters. The highest BCUT2D eigenvalue weighted by Gasteiger charge is 2.25. The smallest absolute Gasteiger partial charge is 0.294 e. The third-order valence-electron chi connectivity index (χ3n) is 4.80. The Balaban J connectivity index is 1.88. The molecule has 2 aromatic carbocycles. The Morgan fingerprint density at radius 3 is 2.37 bits per heavy atom. The molecule has 6 nitrogen and oxygen atoms in total. The molecule has 7 heteroatoms. The van der Waals surface area contributed by atoms with E-state index in [1.54, 1.807) is 18.2 Å². The molecule has 2 aromatic rings. The van der Waals surface area contributed by atoms with Gasteiger partial charge in [0.05, 0.1) is 15.6 Å². The van der Waals surface area contributed by atoms with Gasteiger partial charge in [0, 0.05) is 24.7 Å². The summed E-state index contributed by atoms with van der Waals surface area (Å²) in [6.07, 6.45) is 1.98. The van der Waals surface area contributed by atoms with Crippen LogP contribution in [0, 0.1) is 10.1 Å². The normalized spacial score (nSPS) is 13.9. The van der Waals surface area contributed by atoms with Crippen molar-refractivity contribution in [3.8, 4) is 0 Å². The quantitative estimate of drug-likeness (QED) is 0.563. The molecule has 1 aliphatic heterocycles. The summed E-state index contributed by atoms with van der Waals surface area (Å²) in [6, 6.07) is 10.3. The first-order valence-corrected chi connectivity index (χ1v) is 9.39. The minimum Gasteiger partial charge on any atom is -0.366 e. The van der Waals surface area contributed by atoms with Crippen molar-refractivity contribution in [3.63, 3.8) is 0 Å². The highest BCUT2D eigenvalue weighted by Crippen LogP contribution is 2.38. The van der Waals surface area contributed by atoms with Crippen LogP contribution in [0.3, 0.4) is 0 Å². The zero-order valence-corrected chi connectivity index (χ0v) is 16.1. The van der Waals surface area contributed by atoms with Gasteiger partial charge in [-0.05, 0) is 42.5 Å². The summed E-state index contributed by atoms with van der Waals surface area (Å²) in [5, 5.41) is 14.3. The number of rotatable bonds is 5. The maximum atomic E-state index is 12.6. The minimum atomic E-state index is -0.435. The Labute approximate surface area is 163 Å². The molecule has 3 rings (SSSR count). The van der Waals surface area contributed by atoms with Gasteiger partial charge in [0.25, 0.3) is 11.6 Å². The van der Waals surface area contributed by atoms with Crippen molar-refractivity contribution in [2.45, 2.75) is 32.6 Å².